The second kappa shape index (κ2) is 8.68. The number of amides is 1. The summed E-state index contributed by atoms with van der Waals surface area (Å²) in [6, 6.07) is 16.2. The van der Waals surface area contributed by atoms with Crippen molar-refractivity contribution < 1.29 is 4.79 Å². The quantitative estimate of drug-likeness (QED) is 0.746. The number of benzene rings is 2. The maximum Gasteiger partial charge on any atom is 0.269 e. The van der Waals surface area contributed by atoms with E-state index in [4.69, 9.17) is 0 Å². The minimum atomic E-state index is -0.0714. The Morgan fingerprint density at radius 3 is 2.32 bits per heavy atom. The molecule has 0 spiro atoms. The monoisotopic (exact) mass is 372 g/mol. The normalized spacial score (nSPS) is 15.0. The zero-order valence-corrected chi connectivity index (χ0v) is 16.3. The molecular formula is C20H24N2OS2. The number of anilines is 1. The molecule has 0 saturated carbocycles. The molecule has 0 unspecified atom stereocenters. The highest BCUT2D eigenvalue weighted by Crippen LogP contribution is 2.43. The van der Waals surface area contributed by atoms with Crippen LogP contribution in [-0.4, -0.2) is 24.0 Å². The summed E-state index contributed by atoms with van der Waals surface area (Å²) in [4.78, 5) is 12.6. The maximum atomic E-state index is 12.6. The Kier molecular flexibility index (Phi) is 6.32. The van der Waals surface area contributed by atoms with Gasteiger partial charge in [0.05, 0.1) is 10.3 Å². The molecule has 2 aromatic rings. The minimum absolute atomic E-state index is 0.0714. The molecule has 5 heteroatoms. The van der Waals surface area contributed by atoms with Crippen molar-refractivity contribution in [3.05, 3.63) is 65.2 Å². The van der Waals surface area contributed by atoms with Crippen LogP contribution in [0.3, 0.4) is 0 Å². The van der Waals surface area contributed by atoms with Gasteiger partial charge in [0.1, 0.15) is 0 Å². The average molecular weight is 373 g/mol. The molecule has 1 heterocycles. The van der Waals surface area contributed by atoms with E-state index in [1.165, 1.54) is 29.1 Å². The number of carbonyl (C=O) groups excluding carboxylic acids is 1. The third-order valence-electron chi connectivity index (χ3n) is 4.17. The summed E-state index contributed by atoms with van der Waals surface area (Å²) in [6.45, 7) is 4.80. The van der Waals surface area contributed by atoms with Crippen LogP contribution in [0.2, 0.25) is 0 Å². The number of thioether (sulfide) groups is 2. The molecule has 0 radical (unpaired) electrons. The van der Waals surface area contributed by atoms with Crippen molar-refractivity contribution in [2.75, 3.05) is 23.1 Å². The number of nitrogens with one attached hydrogen (secondary N) is 1. The van der Waals surface area contributed by atoms with Crippen molar-refractivity contribution in [2.24, 2.45) is 0 Å². The second-order valence-corrected chi connectivity index (χ2v) is 8.79. The van der Waals surface area contributed by atoms with Gasteiger partial charge >= 0.3 is 0 Å². The Labute approximate surface area is 158 Å². The SMILES string of the molecule is CCN(NC(=O)c1ccc(C2SCCCS2)cc1)c1ccc(C)cc1. The molecule has 1 fully saturated rings. The van der Waals surface area contributed by atoms with Gasteiger partial charge in [0.15, 0.2) is 0 Å². The van der Waals surface area contributed by atoms with Crippen LogP contribution in [0.4, 0.5) is 5.69 Å². The predicted molar refractivity (Wildman–Crippen MR) is 110 cm³/mol. The maximum absolute atomic E-state index is 12.6. The van der Waals surface area contributed by atoms with Gasteiger partial charge in [-0.1, -0.05) is 29.8 Å². The highest BCUT2D eigenvalue weighted by molar-refractivity contribution is 8.16. The van der Waals surface area contributed by atoms with E-state index in [2.05, 4.69) is 36.6 Å². The topological polar surface area (TPSA) is 32.3 Å². The van der Waals surface area contributed by atoms with Crippen molar-refractivity contribution in [1.29, 1.82) is 0 Å². The molecule has 1 amide bonds. The van der Waals surface area contributed by atoms with E-state index in [0.29, 0.717) is 16.7 Å². The van der Waals surface area contributed by atoms with Crippen LogP contribution in [0.5, 0.6) is 0 Å². The number of hydrogen-bond donors (Lipinski definition) is 1. The zero-order valence-electron chi connectivity index (χ0n) is 14.7. The first-order valence-electron chi connectivity index (χ1n) is 8.65. The van der Waals surface area contributed by atoms with E-state index in [9.17, 15) is 4.79 Å². The van der Waals surface area contributed by atoms with Crippen molar-refractivity contribution in [3.8, 4) is 0 Å². The molecule has 25 heavy (non-hydrogen) atoms. The molecule has 1 N–H and O–H groups in total. The largest absolute Gasteiger partial charge is 0.286 e. The van der Waals surface area contributed by atoms with Gasteiger partial charge in [-0.2, -0.15) is 0 Å². The van der Waals surface area contributed by atoms with Gasteiger partial charge in [-0.3, -0.25) is 15.2 Å². The third kappa shape index (κ3) is 4.73. The van der Waals surface area contributed by atoms with Crippen LogP contribution in [0.25, 0.3) is 0 Å². The van der Waals surface area contributed by atoms with Crippen molar-refractivity contribution in [1.82, 2.24) is 5.43 Å². The number of aryl methyl sites for hydroxylation is 1. The van der Waals surface area contributed by atoms with Crippen LogP contribution in [0.15, 0.2) is 48.5 Å². The highest BCUT2D eigenvalue weighted by Gasteiger charge is 2.17. The summed E-state index contributed by atoms with van der Waals surface area (Å²) in [6.07, 6.45) is 1.29. The number of hydrogen-bond acceptors (Lipinski definition) is 4. The van der Waals surface area contributed by atoms with Crippen LogP contribution >= 0.6 is 23.5 Å². The van der Waals surface area contributed by atoms with E-state index in [0.717, 1.165) is 5.69 Å². The summed E-state index contributed by atoms with van der Waals surface area (Å²) in [5.74, 6) is 2.38. The van der Waals surface area contributed by atoms with Gasteiger partial charge in [-0.05, 0) is 61.6 Å². The number of rotatable bonds is 5. The lowest BCUT2D eigenvalue weighted by Gasteiger charge is -2.24. The Balaban J connectivity index is 1.66. The Bertz CT molecular complexity index is 695. The fourth-order valence-corrected chi connectivity index (χ4v) is 5.60. The van der Waals surface area contributed by atoms with E-state index in [-0.39, 0.29) is 5.91 Å². The lowest BCUT2D eigenvalue weighted by Crippen LogP contribution is -2.42. The molecule has 2 aromatic carbocycles. The molecule has 0 aliphatic carbocycles. The van der Waals surface area contributed by atoms with E-state index < -0.39 is 0 Å². The second-order valence-electron chi connectivity index (χ2n) is 6.07. The van der Waals surface area contributed by atoms with E-state index in [1.54, 1.807) is 0 Å². The minimum Gasteiger partial charge on any atom is -0.286 e. The lowest BCUT2D eigenvalue weighted by atomic mass is 10.1. The summed E-state index contributed by atoms with van der Waals surface area (Å²) in [5.41, 5.74) is 7.20. The van der Waals surface area contributed by atoms with Crippen LogP contribution in [-0.2, 0) is 0 Å². The molecule has 3 nitrogen and oxygen atoms in total. The Morgan fingerprint density at radius 1 is 1.08 bits per heavy atom. The molecular weight excluding hydrogens is 348 g/mol. The summed E-state index contributed by atoms with van der Waals surface area (Å²) in [7, 11) is 0. The molecule has 1 saturated heterocycles. The van der Waals surface area contributed by atoms with Gasteiger partial charge in [0.2, 0.25) is 0 Å². The van der Waals surface area contributed by atoms with Gasteiger partial charge < -0.3 is 0 Å². The number of carbonyl (C=O) groups is 1. The summed E-state index contributed by atoms with van der Waals surface area (Å²) in [5, 5.41) is 1.88. The summed E-state index contributed by atoms with van der Waals surface area (Å²) >= 11 is 3.99. The molecule has 1 aliphatic rings. The first kappa shape index (κ1) is 18.2. The predicted octanol–water partition coefficient (Wildman–Crippen LogP) is 5.04. The van der Waals surface area contributed by atoms with Gasteiger partial charge in [0.25, 0.3) is 5.91 Å². The van der Waals surface area contributed by atoms with Crippen LogP contribution in [0, 0.1) is 6.92 Å². The van der Waals surface area contributed by atoms with Crippen LogP contribution < -0.4 is 10.4 Å². The lowest BCUT2D eigenvalue weighted by molar-refractivity contribution is 0.0949. The molecule has 0 bridgehead atoms. The molecule has 0 atom stereocenters. The highest BCUT2D eigenvalue weighted by atomic mass is 32.2. The zero-order chi connectivity index (χ0) is 17.6. The van der Waals surface area contributed by atoms with Crippen molar-refractivity contribution >= 4 is 35.1 Å². The van der Waals surface area contributed by atoms with Gasteiger partial charge in [0, 0.05) is 12.1 Å². The Morgan fingerprint density at radius 2 is 1.72 bits per heavy atom. The number of nitrogens with zero attached hydrogens (tertiary/aromatic N) is 1. The third-order valence-corrected chi connectivity index (χ3v) is 7.19. The van der Waals surface area contributed by atoms with Gasteiger partial charge in [-0.25, -0.2) is 0 Å². The summed E-state index contributed by atoms with van der Waals surface area (Å²) < 4.78 is 0.505. The van der Waals surface area contributed by atoms with Gasteiger partial charge in [-0.15, -0.1) is 23.5 Å². The Hall–Kier alpha value is -1.59. The first-order valence-corrected chi connectivity index (χ1v) is 10.8. The van der Waals surface area contributed by atoms with Crippen molar-refractivity contribution in [2.45, 2.75) is 24.9 Å². The van der Waals surface area contributed by atoms with Crippen LogP contribution in [0.1, 0.15) is 39.4 Å². The molecule has 1 aliphatic heterocycles. The van der Waals surface area contributed by atoms with E-state index >= 15 is 0 Å². The molecule has 3 rings (SSSR count). The smallest absolute Gasteiger partial charge is 0.269 e. The first-order chi connectivity index (χ1) is 12.2. The number of hydrazine groups is 1. The standard InChI is InChI=1S/C20H24N2OS2/c1-3-22(18-11-5-15(2)6-12-18)21-19(23)16-7-9-17(10-8-16)20-24-13-4-14-25-20/h5-12,20H,3-4,13-14H2,1-2H3,(H,21,23). The molecule has 132 valence electrons. The van der Waals surface area contributed by atoms with E-state index in [1.807, 2.05) is 59.7 Å². The average Bonchev–Trinajstić information content (AvgIpc) is 2.67. The fraction of sp³-hybridized carbons (Fsp3) is 0.350. The van der Waals surface area contributed by atoms with Crippen molar-refractivity contribution in [3.63, 3.8) is 0 Å². The molecule has 0 aromatic heterocycles. The fourth-order valence-electron chi connectivity index (χ4n) is 2.71.